The average Bonchev–Trinajstić information content (AvgIpc) is 2.74. The lowest BCUT2D eigenvalue weighted by molar-refractivity contribution is 0.479. The van der Waals surface area contributed by atoms with Crippen molar-refractivity contribution in [2.24, 2.45) is 0 Å². The fraction of sp³-hybridized carbons (Fsp3) is 0.0769. The molecule has 0 saturated heterocycles. The maximum atomic E-state index is 11.9. The van der Waals surface area contributed by atoms with E-state index in [1.165, 1.54) is 12.1 Å². The van der Waals surface area contributed by atoms with Gasteiger partial charge in [0.25, 0.3) is 0 Å². The molecule has 0 aliphatic carbocycles. The van der Waals surface area contributed by atoms with Crippen LogP contribution in [-0.4, -0.2) is 0 Å². The lowest BCUT2D eigenvalue weighted by Crippen LogP contribution is -2.12. The Kier molecular flexibility index (Phi) is 2.67. The van der Waals surface area contributed by atoms with Gasteiger partial charge in [-0.3, -0.25) is 4.79 Å². The normalized spacial score (nSPS) is 11.1. The average molecular weight is 323 g/mol. The van der Waals surface area contributed by atoms with E-state index in [2.05, 4.69) is 15.9 Å². The molecule has 0 saturated carbocycles. The van der Waals surface area contributed by atoms with Gasteiger partial charge in [0.1, 0.15) is 11.3 Å². The number of hydrogen-bond acceptors (Lipinski definition) is 5. The SMILES string of the molecule is Cc1cc2oc(-c3ccc(Br)o3)cc(=O)c2c(=O)o1. The second-order valence-corrected chi connectivity index (χ2v) is 4.74. The molecule has 0 unspecified atom stereocenters. The van der Waals surface area contributed by atoms with Gasteiger partial charge in [-0.15, -0.1) is 0 Å². The summed E-state index contributed by atoms with van der Waals surface area (Å²) in [6.45, 7) is 1.61. The number of fused-ring (bicyclic) bond motifs is 1. The Morgan fingerprint density at radius 3 is 2.47 bits per heavy atom. The molecule has 3 rings (SSSR count). The van der Waals surface area contributed by atoms with Crippen molar-refractivity contribution >= 4 is 26.9 Å². The topological polar surface area (TPSA) is 73.6 Å². The van der Waals surface area contributed by atoms with Crippen LogP contribution >= 0.6 is 15.9 Å². The first-order valence-corrected chi connectivity index (χ1v) is 6.18. The number of hydrogen-bond donors (Lipinski definition) is 0. The van der Waals surface area contributed by atoms with Crippen LogP contribution in [0, 0.1) is 6.92 Å². The summed E-state index contributed by atoms with van der Waals surface area (Å²) in [5.74, 6) is 1.03. The van der Waals surface area contributed by atoms with Crippen LogP contribution in [-0.2, 0) is 0 Å². The van der Waals surface area contributed by atoms with Crippen molar-refractivity contribution in [1.82, 2.24) is 0 Å². The molecule has 3 heterocycles. The molecule has 0 atom stereocenters. The Bertz CT molecular complexity index is 884. The molecule has 5 nitrogen and oxygen atoms in total. The minimum absolute atomic E-state index is 0.0972. The van der Waals surface area contributed by atoms with Crippen molar-refractivity contribution in [3.8, 4) is 11.5 Å². The smallest absolute Gasteiger partial charge is 0.351 e. The van der Waals surface area contributed by atoms with Crippen molar-refractivity contribution in [1.29, 1.82) is 0 Å². The van der Waals surface area contributed by atoms with E-state index in [1.54, 1.807) is 19.1 Å². The summed E-state index contributed by atoms with van der Waals surface area (Å²) in [7, 11) is 0. The zero-order chi connectivity index (χ0) is 13.6. The van der Waals surface area contributed by atoms with Gasteiger partial charge in [0.15, 0.2) is 21.6 Å². The summed E-state index contributed by atoms with van der Waals surface area (Å²) in [6, 6.07) is 6.05. The highest BCUT2D eigenvalue weighted by atomic mass is 79.9. The third-order valence-electron chi connectivity index (χ3n) is 2.58. The van der Waals surface area contributed by atoms with Gasteiger partial charge in [0.2, 0.25) is 5.43 Å². The molecule has 0 aliphatic heterocycles. The zero-order valence-corrected chi connectivity index (χ0v) is 11.3. The van der Waals surface area contributed by atoms with Gasteiger partial charge in [-0.1, -0.05) is 0 Å². The van der Waals surface area contributed by atoms with Gasteiger partial charge in [0.05, 0.1) is 0 Å². The van der Waals surface area contributed by atoms with Crippen LogP contribution in [0.25, 0.3) is 22.5 Å². The summed E-state index contributed by atoms with van der Waals surface area (Å²) >= 11 is 3.17. The highest BCUT2D eigenvalue weighted by Gasteiger charge is 2.13. The van der Waals surface area contributed by atoms with E-state index in [-0.39, 0.29) is 16.7 Å². The quantitative estimate of drug-likeness (QED) is 0.688. The molecule has 0 fully saturated rings. The van der Waals surface area contributed by atoms with E-state index in [9.17, 15) is 9.59 Å². The Hall–Kier alpha value is -2.08. The summed E-state index contributed by atoms with van der Waals surface area (Å²) in [5.41, 5.74) is -0.975. The van der Waals surface area contributed by atoms with Crippen LogP contribution in [0.3, 0.4) is 0 Å². The largest absolute Gasteiger partial charge is 0.452 e. The Labute approximate surface area is 114 Å². The van der Waals surface area contributed by atoms with Gasteiger partial charge < -0.3 is 13.3 Å². The van der Waals surface area contributed by atoms with E-state index in [0.717, 1.165) is 0 Å². The standard InChI is InChI=1S/C13H7BrO5/c1-6-4-10-12(13(16)17-6)7(15)5-9(18-10)8-2-3-11(14)19-8/h2-5H,1H3. The zero-order valence-electron chi connectivity index (χ0n) is 9.73. The number of halogens is 1. The van der Waals surface area contributed by atoms with Crippen LogP contribution in [0.15, 0.2) is 51.8 Å². The second-order valence-electron chi connectivity index (χ2n) is 3.96. The van der Waals surface area contributed by atoms with Crippen molar-refractivity contribution in [2.45, 2.75) is 6.92 Å². The molecule has 96 valence electrons. The molecule has 3 aromatic heterocycles. The van der Waals surface area contributed by atoms with Crippen molar-refractivity contribution in [3.63, 3.8) is 0 Å². The molecule has 19 heavy (non-hydrogen) atoms. The molecule has 0 N–H and O–H groups in total. The first kappa shape index (κ1) is 12.0. The molecule has 0 aliphatic rings. The van der Waals surface area contributed by atoms with E-state index < -0.39 is 11.1 Å². The molecule has 6 heteroatoms. The molecular formula is C13H7BrO5. The lowest BCUT2D eigenvalue weighted by atomic mass is 10.2. The summed E-state index contributed by atoms with van der Waals surface area (Å²) in [4.78, 5) is 23.6. The van der Waals surface area contributed by atoms with Crippen LogP contribution in [0.2, 0.25) is 0 Å². The molecule has 0 bridgehead atoms. The van der Waals surface area contributed by atoms with Crippen LogP contribution in [0.4, 0.5) is 0 Å². The van der Waals surface area contributed by atoms with Crippen molar-refractivity contribution < 1.29 is 13.3 Å². The van der Waals surface area contributed by atoms with E-state index >= 15 is 0 Å². The highest BCUT2D eigenvalue weighted by Crippen LogP contribution is 2.25. The first-order chi connectivity index (χ1) is 9.04. The van der Waals surface area contributed by atoms with Gasteiger partial charge in [-0.25, -0.2) is 4.79 Å². The first-order valence-electron chi connectivity index (χ1n) is 5.39. The Balaban J connectivity index is 2.36. The van der Waals surface area contributed by atoms with E-state index in [0.29, 0.717) is 16.2 Å². The minimum atomic E-state index is -0.698. The summed E-state index contributed by atoms with van der Waals surface area (Å²) < 4.78 is 16.2. The third kappa shape index (κ3) is 2.04. The molecule has 0 aromatic carbocycles. The second kappa shape index (κ2) is 4.24. The van der Waals surface area contributed by atoms with Gasteiger partial charge in [-0.05, 0) is 35.0 Å². The third-order valence-corrected chi connectivity index (χ3v) is 3.01. The molecular weight excluding hydrogens is 316 g/mol. The minimum Gasteiger partial charge on any atom is -0.452 e. The summed E-state index contributed by atoms with van der Waals surface area (Å²) in [6.07, 6.45) is 0. The Morgan fingerprint density at radius 2 is 1.79 bits per heavy atom. The number of aryl methyl sites for hydroxylation is 1. The fourth-order valence-corrected chi connectivity index (χ4v) is 2.10. The number of rotatable bonds is 1. The molecule has 0 radical (unpaired) electrons. The molecule has 0 spiro atoms. The van der Waals surface area contributed by atoms with E-state index in [1.807, 2.05) is 0 Å². The van der Waals surface area contributed by atoms with Gasteiger partial charge >= 0.3 is 5.63 Å². The van der Waals surface area contributed by atoms with Crippen LogP contribution < -0.4 is 11.1 Å². The maximum absolute atomic E-state index is 11.9. The molecule has 3 aromatic rings. The predicted molar refractivity (Wildman–Crippen MR) is 71.2 cm³/mol. The predicted octanol–water partition coefficient (Wildman–Crippen LogP) is 3.08. The highest BCUT2D eigenvalue weighted by molar-refractivity contribution is 9.10. The monoisotopic (exact) mass is 322 g/mol. The van der Waals surface area contributed by atoms with Crippen LogP contribution in [0.5, 0.6) is 0 Å². The fourth-order valence-electron chi connectivity index (χ4n) is 1.79. The number of furan rings is 1. The Morgan fingerprint density at radius 1 is 1.00 bits per heavy atom. The van der Waals surface area contributed by atoms with Gasteiger partial charge in [-0.2, -0.15) is 0 Å². The molecule has 0 amide bonds. The maximum Gasteiger partial charge on any atom is 0.351 e. The van der Waals surface area contributed by atoms with E-state index in [4.69, 9.17) is 13.3 Å². The lowest BCUT2D eigenvalue weighted by Gasteiger charge is -2.00. The van der Waals surface area contributed by atoms with Gasteiger partial charge in [0, 0.05) is 12.1 Å². The van der Waals surface area contributed by atoms with Crippen molar-refractivity contribution in [2.75, 3.05) is 0 Å². The summed E-state index contributed by atoms with van der Waals surface area (Å²) in [5, 5.41) is -0.0972. The van der Waals surface area contributed by atoms with Crippen LogP contribution in [0.1, 0.15) is 5.76 Å². The van der Waals surface area contributed by atoms with Crippen molar-refractivity contribution in [3.05, 3.63) is 55.3 Å².